The van der Waals surface area contributed by atoms with Crippen molar-refractivity contribution in [3.63, 3.8) is 0 Å². The molecule has 1 aromatic heterocycles. The molecule has 0 spiro atoms. The van der Waals surface area contributed by atoms with Gasteiger partial charge in [-0.2, -0.15) is 0 Å². The third kappa shape index (κ3) is 3.43. The number of hydrogen-bond acceptors (Lipinski definition) is 5. The van der Waals surface area contributed by atoms with E-state index in [1.165, 1.54) is 6.20 Å². The first-order valence-corrected chi connectivity index (χ1v) is 8.53. The highest BCUT2D eigenvalue weighted by Gasteiger charge is 2.17. The molecule has 0 bridgehead atoms. The van der Waals surface area contributed by atoms with Gasteiger partial charge >= 0.3 is 0 Å². The van der Waals surface area contributed by atoms with Gasteiger partial charge in [-0.1, -0.05) is 36.4 Å². The molecule has 0 radical (unpaired) electrons. The molecule has 1 heterocycles. The molecule has 3 aromatic carbocycles. The van der Waals surface area contributed by atoms with Crippen LogP contribution in [0.15, 0.2) is 79.0 Å². The molecule has 0 saturated heterocycles. The summed E-state index contributed by atoms with van der Waals surface area (Å²) in [4.78, 5) is 15.4. The summed E-state index contributed by atoms with van der Waals surface area (Å²) in [5, 5.41) is 11.4. The smallest absolute Gasteiger partial charge is 0.271 e. The number of pyridine rings is 1. The van der Waals surface area contributed by atoms with E-state index >= 15 is 0 Å². The zero-order valence-electron chi connectivity index (χ0n) is 14.7. The summed E-state index contributed by atoms with van der Waals surface area (Å²) < 4.78 is 12.0. The van der Waals surface area contributed by atoms with Crippen LogP contribution in [0.25, 0.3) is 10.8 Å². The average Bonchev–Trinajstić information content (AvgIpc) is 2.70. The Morgan fingerprint density at radius 2 is 1.39 bits per heavy atom. The number of benzene rings is 3. The minimum absolute atomic E-state index is 0.199. The number of fused-ring (bicyclic) bond motifs is 1. The summed E-state index contributed by atoms with van der Waals surface area (Å²) in [7, 11) is 0. The molecule has 28 heavy (non-hydrogen) atoms. The summed E-state index contributed by atoms with van der Waals surface area (Å²) in [5.74, 6) is 0.938. The lowest BCUT2D eigenvalue weighted by molar-refractivity contribution is 0.0993. The predicted molar refractivity (Wildman–Crippen MR) is 105 cm³/mol. The number of hydrogen-bond donors (Lipinski definition) is 2. The van der Waals surface area contributed by atoms with Gasteiger partial charge in [0.05, 0.1) is 0 Å². The summed E-state index contributed by atoms with van der Waals surface area (Å²) in [5.41, 5.74) is 5.08. The zero-order valence-corrected chi connectivity index (χ0v) is 14.7. The summed E-state index contributed by atoms with van der Waals surface area (Å²) in [6.07, 6.45) is 1.46. The van der Waals surface area contributed by atoms with Gasteiger partial charge in [-0.3, -0.25) is 4.79 Å². The van der Waals surface area contributed by atoms with Crippen LogP contribution in [-0.2, 0) is 0 Å². The molecule has 0 aliphatic heterocycles. The van der Waals surface area contributed by atoms with E-state index in [-0.39, 0.29) is 11.4 Å². The number of rotatable bonds is 5. The number of aromatic nitrogens is 1. The molecule has 6 nitrogen and oxygen atoms in total. The Balaban J connectivity index is 1.86. The van der Waals surface area contributed by atoms with Crippen LogP contribution in [0.4, 0.5) is 0 Å². The summed E-state index contributed by atoms with van der Waals surface area (Å²) >= 11 is 0. The minimum atomic E-state index is -0.811. The van der Waals surface area contributed by atoms with Crippen molar-refractivity contribution in [2.75, 3.05) is 0 Å². The van der Waals surface area contributed by atoms with Crippen molar-refractivity contribution in [1.82, 2.24) is 4.98 Å². The van der Waals surface area contributed by atoms with Crippen molar-refractivity contribution in [1.29, 1.82) is 0 Å². The average molecular weight is 372 g/mol. The molecule has 0 aliphatic carbocycles. The maximum atomic E-state index is 11.5. The zero-order chi connectivity index (χ0) is 19.5. The van der Waals surface area contributed by atoms with E-state index in [4.69, 9.17) is 15.2 Å². The number of nitrogens with zero attached hydrogens (tertiary/aromatic N) is 1. The highest BCUT2D eigenvalue weighted by molar-refractivity contribution is 6.01. The van der Waals surface area contributed by atoms with Gasteiger partial charge in [0, 0.05) is 17.0 Å². The maximum Gasteiger partial charge on any atom is 0.271 e. The number of nitrogens with two attached hydrogens (primary N) is 1. The number of primary amides is 1. The molecule has 3 N–H and O–H groups in total. The molecule has 0 fully saturated rings. The van der Waals surface area contributed by atoms with Gasteiger partial charge in [0.15, 0.2) is 22.9 Å². The number of amides is 1. The third-order valence-corrected chi connectivity index (χ3v) is 4.10. The van der Waals surface area contributed by atoms with Crippen LogP contribution in [0.5, 0.6) is 28.7 Å². The summed E-state index contributed by atoms with van der Waals surface area (Å²) in [6.45, 7) is 0. The fourth-order valence-electron chi connectivity index (χ4n) is 2.78. The Kier molecular flexibility index (Phi) is 4.51. The van der Waals surface area contributed by atoms with Crippen molar-refractivity contribution in [3.05, 3.63) is 84.7 Å². The van der Waals surface area contributed by atoms with Crippen LogP contribution < -0.4 is 15.2 Å². The van der Waals surface area contributed by atoms with Crippen LogP contribution in [0.1, 0.15) is 10.5 Å². The minimum Gasteiger partial charge on any atom is -0.505 e. The molecule has 4 rings (SSSR count). The van der Waals surface area contributed by atoms with Gasteiger partial charge in [0.2, 0.25) is 0 Å². The van der Waals surface area contributed by atoms with E-state index in [1.54, 1.807) is 24.3 Å². The molecular formula is C22H16N2O4. The second-order valence-corrected chi connectivity index (χ2v) is 6.04. The normalized spacial score (nSPS) is 10.6. The molecule has 6 heteroatoms. The van der Waals surface area contributed by atoms with Crippen molar-refractivity contribution in [2.45, 2.75) is 0 Å². The number of carbonyl (C=O) groups excluding carboxylic acids is 1. The van der Waals surface area contributed by atoms with E-state index in [0.29, 0.717) is 33.8 Å². The Morgan fingerprint density at radius 3 is 1.93 bits per heavy atom. The fourth-order valence-corrected chi connectivity index (χ4v) is 2.78. The van der Waals surface area contributed by atoms with Crippen LogP contribution >= 0.6 is 0 Å². The summed E-state index contributed by atoms with van der Waals surface area (Å²) in [6, 6.07) is 21.7. The van der Waals surface area contributed by atoms with Crippen LogP contribution in [-0.4, -0.2) is 16.0 Å². The van der Waals surface area contributed by atoms with E-state index < -0.39 is 5.91 Å². The third-order valence-electron chi connectivity index (χ3n) is 4.10. The van der Waals surface area contributed by atoms with Gasteiger partial charge in [0.1, 0.15) is 11.5 Å². The quantitative estimate of drug-likeness (QED) is 0.533. The number of carbonyl (C=O) groups is 1. The monoisotopic (exact) mass is 372 g/mol. The largest absolute Gasteiger partial charge is 0.505 e. The van der Waals surface area contributed by atoms with Gasteiger partial charge in [0.25, 0.3) is 5.91 Å². The Morgan fingerprint density at radius 1 is 0.857 bits per heavy atom. The van der Waals surface area contributed by atoms with E-state index in [0.717, 1.165) is 0 Å². The molecule has 1 amide bonds. The molecule has 4 aromatic rings. The first kappa shape index (κ1) is 17.4. The molecule has 138 valence electrons. The maximum absolute atomic E-state index is 11.5. The lowest BCUT2D eigenvalue weighted by Gasteiger charge is -2.14. The van der Waals surface area contributed by atoms with Crippen molar-refractivity contribution in [3.8, 4) is 28.7 Å². The second kappa shape index (κ2) is 7.28. The first-order valence-electron chi connectivity index (χ1n) is 8.53. The lowest BCUT2D eigenvalue weighted by atomic mass is 10.1. The van der Waals surface area contributed by atoms with Crippen molar-refractivity contribution in [2.24, 2.45) is 5.73 Å². The SMILES string of the molecule is NC(=O)c1ncc2cc(Oc3ccccc3)c(Oc3ccccc3)cc2c1O. The number of aromatic hydroxyl groups is 1. The van der Waals surface area contributed by atoms with Crippen molar-refractivity contribution < 1.29 is 19.4 Å². The Bertz CT molecular complexity index is 1150. The van der Waals surface area contributed by atoms with E-state index in [1.807, 2.05) is 48.5 Å². The van der Waals surface area contributed by atoms with Gasteiger partial charge < -0.3 is 20.3 Å². The van der Waals surface area contributed by atoms with Gasteiger partial charge in [-0.15, -0.1) is 0 Å². The molecule has 0 atom stereocenters. The predicted octanol–water partition coefficient (Wildman–Crippen LogP) is 4.62. The van der Waals surface area contributed by atoms with Gasteiger partial charge in [-0.05, 0) is 36.4 Å². The van der Waals surface area contributed by atoms with E-state index in [9.17, 15) is 9.90 Å². The fraction of sp³-hybridized carbons (Fsp3) is 0. The number of para-hydroxylation sites is 2. The van der Waals surface area contributed by atoms with Crippen molar-refractivity contribution >= 4 is 16.7 Å². The molecule has 0 saturated carbocycles. The molecular weight excluding hydrogens is 356 g/mol. The number of ether oxygens (including phenoxy) is 2. The molecule has 0 unspecified atom stereocenters. The standard InChI is InChI=1S/C22H16N2O4/c23-22(26)20-21(25)17-12-19(28-16-9-5-2-6-10-16)18(11-14(17)13-24-20)27-15-7-3-1-4-8-15/h1-13,25H,(H2,23,26). The van der Waals surface area contributed by atoms with Crippen LogP contribution in [0, 0.1) is 0 Å². The topological polar surface area (TPSA) is 94.7 Å². The highest BCUT2D eigenvalue weighted by Crippen LogP contribution is 2.40. The van der Waals surface area contributed by atoms with Crippen LogP contribution in [0.3, 0.4) is 0 Å². The van der Waals surface area contributed by atoms with Gasteiger partial charge in [-0.25, -0.2) is 4.98 Å². The lowest BCUT2D eigenvalue weighted by Crippen LogP contribution is -2.13. The molecule has 0 aliphatic rings. The second-order valence-electron chi connectivity index (χ2n) is 6.04. The first-order chi connectivity index (χ1) is 13.6. The van der Waals surface area contributed by atoms with Crippen LogP contribution in [0.2, 0.25) is 0 Å². The van der Waals surface area contributed by atoms with E-state index in [2.05, 4.69) is 4.98 Å². The Hall–Kier alpha value is -4.06. The highest BCUT2D eigenvalue weighted by atomic mass is 16.5. The Labute approximate surface area is 160 Å².